The van der Waals surface area contributed by atoms with Crippen molar-refractivity contribution in [3.05, 3.63) is 0 Å². The molecule has 4 rings (SSSR count). The van der Waals surface area contributed by atoms with Crippen LogP contribution in [-0.2, 0) is 9.53 Å². The molecule has 0 aromatic carbocycles. The maximum absolute atomic E-state index is 11.9. The Kier molecular flexibility index (Phi) is 2.33. The van der Waals surface area contributed by atoms with E-state index >= 15 is 0 Å². The third kappa shape index (κ3) is 1.28. The molecule has 0 saturated heterocycles. The van der Waals surface area contributed by atoms with Crippen LogP contribution in [0.1, 0.15) is 19.8 Å². The molecular formula is C13H20O4. The fourth-order valence-corrected chi connectivity index (χ4v) is 4.89. The van der Waals surface area contributed by atoms with E-state index in [1.54, 1.807) is 0 Å². The Hall–Kier alpha value is -0.610. The van der Waals surface area contributed by atoms with E-state index in [0.29, 0.717) is 12.3 Å². The van der Waals surface area contributed by atoms with Gasteiger partial charge in [-0.3, -0.25) is 4.79 Å². The van der Waals surface area contributed by atoms with E-state index in [4.69, 9.17) is 4.74 Å². The molecule has 0 aromatic rings. The Bertz CT molecular complexity index is 355. The monoisotopic (exact) mass is 240 g/mol. The zero-order valence-electron chi connectivity index (χ0n) is 10.3. The van der Waals surface area contributed by atoms with Crippen LogP contribution in [0, 0.1) is 35.0 Å². The number of ether oxygens (including phenoxy) is 1. The van der Waals surface area contributed by atoms with Crippen LogP contribution in [0.25, 0.3) is 0 Å². The van der Waals surface area contributed by atoms with Gasteiger partial charge in [0.15, 0.2) is 0 Å². The Morgan fingerprint density at radius 1 is 1.53 bits per heavy atom. The van der Waals surface area contributed by atoms with Crippen LogP contribution in [0.15, 0.2) is 0 Å². The zero-order chi connectivity index (χ0) is 12.4. The molecule has 4 aliphatic rings. The predicted molar refractivity (Wildman–Crippen MR) is 59.9 cm³/mol. The van der Waals surface area contributed by atoms with Crippen LogP contribution in [0.3, 0.4) is 0 Å². The van der Waals surface area contributed by atoms with Gasteiger partial charge >= 0.3 is 5.97 Å². The molecule has 17 heavy (non-hydrogen) atoms. The van der Waals surface area contributed by atoms with Gasteiger partial charge in [0.25, 0.3) is 0 Å². The number of fused-ring (bicyclic) bond motifs is 2. The van der Waals surface area contributed by atoms with Crippen molar-refractivity contribution < 1.29 is 19.7 Å². The minimum absolute atomic E-state index is 0.0275. The third-order valence-corrected chi connectivity index (χ3v) is 5.62. The lowest BCUT2D eigenvalue weighted by Gasteiger charge is -2.52. The maximum atomic E-state index is 11.9. The van der Waals surface area contributed by atoms with E-state index in [1.807, 2.05) is 0 Å². The van der Waals surface area contributed by atoms with Gasteiger partial charge in [0.05, 0.1) is 19.1 Å². The largest absolute Gasteiger partial charge is 0.469 e. The highest BCUT2D eigenvalue weighted by molar-refractivity contribution is 5.74. The molecule has 0 spiro atoms. The summed E-state index contributed by atoms with van der Waals surface area (Å²) >= 11 is 0. The number of carbonyl (C=O) groups is 1. The zero-order valence-corrected chi connectivity index (χ0v) is 10.3. The van der Waals surface area contributed by atoms with Crippen LogP contribution in [-0.4, -0.2) is 36.0 Å². The van der Waals surface area contributed by atoms with Crippen molar-refractivity contribution in [1.29, 1.82) is 0 Å². The summed E-state index contributed by atoms with van der Waals surface area (Å²) in [5.41, 5.74) is 0.153. The third-order valence-electron chi connectivity index (χ3n) is 5.62. The molecule has 0 aliphatic heterocycles. The van der Waals surface area contributed by atoms with Gasteiger partial charge in [0, 0.05) is 12.5 Å². The predicted octanol–water partition coefficient (Wildman–Crippen LogP) is 0.421. The molecule has 4 heteroatoms. The summed E-state index contributed by atoms with van der Waals surface area (Å²) in [6.07, 6.45) is 1.42. The number of hydrogen-bond donors (Lipinski definition) is 2. The minimum atomic E-state index is -0.359. The van der Waals surface area contributed by atoms with E-state index < -0.39 is 0 Å². The van der Waals surface area contributed by atoms with E-state index in [2.05, 4.69) is 6.92 Å². The van der Waals surface area contributed by atoms with Gasteiger partial charge in [-0.2, -0.15) is 0 Å². The van der Waals surface area contributed by atoms with E-state index in [9.17, 15) is 15.0 Å². The second kappa shape index (κ2) is 3.45. The summed E-state index contributed by atoms with van der Waals surface area (Å²) < 4.78 is 4.88. The van der Waals surface area contributed by atoms with Gasteiger partial charge in [-0.25, -0.2) is 0 Å². The first-order valence-corrected chi connectivity index (χ1v) is 6.41. The number of esters is 1. The van der Waals surface area contributed by atoms with E-state index in [1.165, 1.54) is 7.11 Å². The Balaban J connectivity index is 1.96. The number of rotatable bonds is 2. The highest BCUT2D eigenvalue weighted by Gasteiger charge is 2.72. The van der Waals surface area contributed by atoms with Gasteiger partial charge < -0.3 is 14.9 Å². The Labute approximate surface area is 101 Å². The maximum Gasteiger partial charge on any atom is 0.309 e. The molecule has 2 N–H and O–H groups in total. The molecular weight excluding hydrogens is 220 g/mol. The van der Waals surface area contributed by atoms with Crippen LogP contribution in [0.4, 0.5) is 0 Å². The van der Waals surface area contributed by atoms with Crippen molar-refractivity contribution in [3.63, 3.8) is 0 Å². The van der Waals surface area contributed by atoms with Crippen molar-refractivity contribution in [2.24, 2.45) is 35.0 Å². The second-order valence-electron chi connectivity index (χ2n) is 6.20. The van der Waals surface area contributed by atoms with E-state index in [0.717, 1.165) is 6.42 Å². The molecule has 0 amide bonds. The van der Waals surface area contributed by atoms with Crippen molar-refractivity contribution in [1.82, 2.24) is 0 Å². The summed E-state index contributed by atoms with van der Waals surface area (Å²) in [6.45, 7) is 2.16. The Morgan fingerprint density at radius 3 is 2.82 bits per heavy atom. The molecule has 4 aliphatic carbocycles. The van der Waals surface area contributed by atoms with Crippen molar-refractivity contribution in [2.75, 3.05) is 13.7 Å². The first-order chi connectivity index (χ1) is 8.04. The van der Waals surface area contributed by atoms with Gasteiger partial charge in [-0.15, -0.1) is 0 Å². The molecule has 2 bridgehead atoms. The molecule has 4 fully saturated rings. The minimum Gasteiger partial charge on any atom is -0.469 e. The average molecular weight is 240 g/mol. The molecule has 7 atom stereocenters. The van der Waals surface area contributed by atoms with Gasteiger partial charge in [-0.05, 0) is 36.0 Å². The number of hydrogen-bond acceptors (Lipinski definition) is 4. The second-order valence-corrected chi connectivity index (χ2v) is 6.20. The number of aliphatic hydroxyl groups excluding tert-OH is 2. The molecule has 0 aromatic heterocycles. The van der Waals surface area contributed by atoms with E-state index in [-0.39, 0.29) is 47.8 Å². The molecule has 0 unspecified atom stereocenters. The summed E-state index contributed by atoms with van der Waals surface area (Å²) in [5.74, 6) is 0.262. The lowest BCUT2D eigenvalue weighted by Crippen LogP contribution is -2.56. The normalized spacial score (nSPS) is 55.3. The Morgan fingerprint density at radius 2 is 2.24 bits per heavy atom. The average Bonchev–Trinajstić information content (AvgIpc) is 3.01. The number of aliphatic hydroxyl groups is 2. The molecule has 0 radical (unpaired) electrons. The van der Waals surface area contributed by atoms with Crippen molar-refractivity contribution in [3.8, 4) is 0 Å². The van der Waals surface area contributed by atoms with Crippen LogP contribution < -0.4 is 0 Å². The van der Waals surface area contributed by atoms with Crippen LogP contribution >= 0.6 is 0 Å². The smallest absolute Gasteiger partial charge is 0.309 e. The number of methoxy groups -OCH3 is 1. The molecule has 0 heterocycles. The van der Waals surface area contributed by atoms with Crippen molar-refractivity contribution in [2.45, 2.75) is 25.9 Å². The van der Waals surface area contributed by atoms with Crippen LogP contribution in [0.5, 0.6) is 0 Å². The summed E-state index contributed by atoms with van der Waals surface area (Å²) in [4.78, 5) is 11.9. The highest BCUT2D eigenvalue weighted by Crippen LogP contribution is 2.73. The molecule has 4 saturated carbocycles. The lowest BCUT2D eigenvalue weighted by molar-refractivity contribution is -0.172. The van der Waals surface area contributed by atoms with Crippen molar-refractivity contribution >= 4 is 5.97 Å². The summed E-state index contributed by atoms with van der Waals surface area (Å²) in [5, 5.41) is 19.7. The first-order valence-electron chi connectivity index (χ1n) is 6.41. The standard InChI is InChI=1S/C13H20O4/c1-13-4-8(13)6-3-9(15)11(13)7(5-14)10(6)12(16)17-2/h6-11,14-15H,3-5H2,1-2H3/t6-,7+,8-,9-,10+,11+,13+/m0/s1. The van der Waals surface area contributed by atoms with Gasteiger partial charge in [0.2, 0.25) is 0 Å². The topological polar surface area (TPSA) is 66.8 Å². The highest BCUT2D eigenvalue weighted by atomic mass is 16.5. The molecule has 96 valence electrons. The van der Waals surface area contributed by atoms with Gasteiger partial charge in [0.1, 0.15) is 0 Å². The summed E-state index contributed by atoms with van der Waals surface area (Å²) in [7, 11) is 1.40. The SMILES string of the molecule is COC(=O)[C@H]1[C@@H](CO)[C@@H]2[C@@H](O)C[C@H]1[C@@H]1C[C@@]21C. The quantitative estimate of drug-likeness (QED) is 0.687. The lowest BCUT2D eigenvalue weighted by atomic mass is 9.54. The van der Waals surface area contributed by atoms with Crippen LogP contribution in [0.2, 0.25) is 0 Å². The number of carbonyl (C=O) groups excluding carboxylic acids is 1. The summed E-state index contributed by atoms with van der Waals surface area (Å²) in [6, 6.07) is 0. The van der Waals surface area contributed by atoms with Gasteiger partial charge in [-0.1, -0.05) is 6.92 Å². The fourth-order valence-electron chi connectivity index (χ4n) is 4.89. The molecule has 4 nitrogen and oxygen atoms in total. The first kappa shape index (κ1) is 11.5. The fraction of sp³-hybridized carbons (Fsp3) is 0.923.